The van der Waals surface area contributed by atoms with Gasteiger partial charge in [-0.1, -0.05) is 12.8 Å². The number of hydrogen-bond donors (Lipinski definition) is 3. The van der Waals surface area contributed by atoms with Gasteiger partial charge in [-0.15, -0.1) is 11.3 Å². The Hall–Kier alpha value is -2.87. The zero-order chi connectivity index (χ0) is 19.3. The first kappa shape index (κ1) is 17.2. The second-order valence-corrected chi connectivity index (χ2v) is 8.41. The Labute approximate surface area is 167 Å². The number of carbonyl (C=O) groups excluding carboxylic acids is 1. The average molecular weight is 395 g/mol. The fourth-order valence-electron chi connectivity index (χ4n) is 4.04. The summed E-state index contributed by atoms with van der Waals surface area (Å²) in [5.74, 6) is 2.30. The molecule has 28 heavy (non-hydrogen) atoms. The summed E-state index contributed by atoms with van der Waals surface area (Å²) in [5.41, 5.74) is 12.0. The summed E-state index contributed by atoms with van der Waals surface area (Å²) < 4.78 is 0. The van der Waals surface area contributed by atoms with Crippen LogP contribution in [0.5, 0.6) is 0 Å². The van der Waals surface area contributed by atoms with Gasteiger partial charge in [0, 0.05) is 42.3 Å². The maximum Gasteiger partial charge on any atom is 0.257 e. The molecule has 0 radical (unpaired) electrons. The van der Waals surface area contributed by atoms with Crippen molar-refractivity contribution in [1.82, 2.24) is 19.9 Å². The van der Waals surface area contributed by atoms with Crippen LogP contribution in [-0.4, -0.2) is 39.4 Å². The molecule has 5 rings (SSSR count). The lowest BCUT2D eigenvalue weighted by Crippen LogP contribution is -2.37. The van der Waals surface area contributed by atoms with Gasteiger partial charge in [-0.2, -0.15) is 0 Å². The summed E-state index contributed by atoms with van der Waals surface area (Å²) in [6, 6.07) is 3.73. The van der Waals surface area contributed by atoms with Crippen LogP contribution >= 0.6 is 11.3 Å². The van der Waals surface area contributed by atoms with E-state index in [1.807, 2.05) is 29.5 Å². The third kappa shape index (κ3) is 3.03. The van der Waals surface area contributed by atoms with Gasteiger partial charge in [-0.25, -0.2) is 9.97 Å². The number of H-pyrrole nitrogens is 1. The number of nitrogen functional groups attached to an aromatic ring is 1. The Balaban J connectivity index is 1.67. The lowest BCUT2D eigenvalue weighted by Gasteiger charge is -2.30. The predicted octanol–water partition coefficient (Wildman–Crippen LogP) is 3.83. The highest BCUT2D eigenvalue weighted by Gasteiger charge is 2.38. The van der Waals surface area contributed by atoms with Gasteiger partial charge in [0.25, 0.3) is 5.91 Å². The number of likely N-dealkylation sites (N-methyl/N-ethyl adjacent to an activating group) is 1. The molecule has 3 aromatic rings. The van der Waals surface area contributed by atoms with Crippen molar-refractivity contribution in [3.8, 4) is 11.3 Å². The van der Waals surface area contributed by atoms with Crippen molar-refractivity contribution in [1.29, 1.82) is 0 Å². The topological polar surface area (TPSA) is 99.9 Å². The van der Waals surface area contributed by atoms with Gasteiger partial charge in [0.1, 0.15) is 11.6 Å². The van der Waals surface area contributed by atoms with Crippen LogP contribution in [0.4, 0.5) is 17.3 Å². The Kier molecular flexibility index (Phi) is 4.08. The highest BCUT2D eigenvalue weighted by molar-refractivity contribution is 7.07. The highest BCUT2D eigenvalue weighted by atomic mass is 32.1. The molecule has 0 saturated heterocycles. The molecular weight excluding hydrogens is 372 g/mol. The van der Waals surface area contributed by atoms with Crippen LogP contribution in [-0.2, 0) is 0 Å². The quantitative estimate of drug-likeness (QED) is 0.611. The number of aromatic nitrogens is 3. The van der Waals surface area contributed by atoms with Crippen LogP contribution in [0.2, 0.25) is 0 Å². The Bertz CT molecular complexity index is 1020. The predicted molar refractivity (Wildman–Crippen MR) is 111 cm³/mol. The van der Waals surface area contributed by atoms with Crippen LogP contribution in [0, 0.1) is 5.92 Å². The van der Waals surface area contributed by atoms with E-state index in [4.69, 9.17) is 5.73 Å². The molecular formula is C20H22N6OS. The first-order valence-corrected chi connectivity index (χ1v) is 10.4. The van der Waals surface area contributed by atoms with E-state index >= 15 is 0 Å². The van der Waals surface area contributed by atoms with Gasteiger partial charge < -0.3 is 20.9 Å². The van der Waals surface area contributed by atoms with Crippen molar-refractivity contribution in [2.45, 2.75) is 25.2 Å². The second-order valence-electron chi connectivity index (χ2n) is 7.69. The maximum absolute atomic E-state index is 13.1. The molecule has 1 atom stereocenters. The normalized spacial score (nSPS) is 19.0. The smallest absolute Gasteiger partial charge is 0.257 e. The maximum atomic E-state index is 13.1. The van der Waals surface area contributed by atoms with Crippen molar-refractivity contribution < 1.29 is 4.79 Å². The molecule has 4 N–H and O–H groups in total. The lowest BCUT2D eigenvalue weighted by atomic mass is 9.90. The molecule has 0 unspecified atom stereocenters. The number of amides is 1. The van der Waals surface area contributed by atoms with Crippen molar-refractivity contribution >= 4 is 34.6 Å². The molecule has 1 saturated carbocycles. The molecule has 0 aromatic carbocycles. The molecule has 0 spiro atoms. The van der Waals surface area contributed by atoms with E-state index in [0.29, 0.717) is 11.7 Å². The fraction of sp³-hybridized carbons (Fsp3) is 0.350. The third-order valence-electron chi connectivity index (χ3n) is 5.56. The van der Waals surface area contributed by atoms with Gasteiger partial charge in [-0.05, 0) is 24.5 Å². The first-order valence-electron chi connectivity index (χ1n) is 9.48. The lowest BCUT2D eigenvalue weighted by molar-refractivity contribution is 0.0762. The van der Waals surface area contributed by atoms with Crippen LogP contribution < -0.4 is 11.1 Å². The van der Waals surface area contributed by atoms with Crippen LogP contribution in [0.15, 0.2) is 29.2 Å². The molecule has 1 aliphatic carbocycles. The zero-order valence-electron chi connectivity index (χ0n) is 15.6. The number of carbonyl (C=O) groups is 1. The van der Waals surface area contributed by atoms with Crippen LogP contribution in [0.1, 0.15) is 41.2 Å². The van der Waals surface area contributed by atoms with E-state index in [-0.39, 0.29) is 5.91 Å². The van der Waals surface area contributed by atoms with Crippen molar-refractivity contribution in [3.63, 3.8) is 0 Å². The Morgan fingerprint density at radius 1 is 1.39 bits per heavy atom. The summed E-state index contributed by atoms with van der Waals surface area (Å²) in [4.78, 5) is 27.0. The number of anilines is 3. The van der Waals surface area contributed by atoms with Crippen LogP contribution in [0.3, 0.4) is 0 Å². The monoisotopic (exact) mass is 394 g/mol. The minimum Gasteiger partial charge on any atom is -0.384 e. The fourth-order valence-corrected chi connectivity index (χ4v) is 4.52. The molecule has 1 aliphatic heterocycles. The van der Waals surface area contributed by atoms with Gasteiger partial charge in [-0.3, -0.25) is 4.79 Å². The Morgan fingerprint density at radius 2 is 2.25 bits per heavy atom. The molecule has 7 nitrogen and oxygen atoms in total. The number of aromatic amines is 1. The average Bonchev–Trinajstić information content (AvgIpc) is 3.19. The van der Waals surface area contributed by atoms with Gasteiger partial charge in [0.2, 0.25) is 0 Å². The van der Waals surface area contributed by atoms with E-state index in [1.165, 1.54) is 24.2 Å². The summed E-state index contributed by atoms with van der Waals surface area (Å²) >= 11 is 1.51. The summed E-state index contributed by atoms with van der Waals surface area (Å²) in [6.45, 7) is 0.747. The third-order valence-corrected chi connectivity index (χ3v) is 6.15. The standard InChI is InChI=1S/C20H22N6OS/c1-26-8-13(6-11-2-3-11)17-16(20(26)27)19(24-15-9-28-10-23-15)18(25-17)12-4-5-22-14(21)7-12/h4-5,7,9-11,13,24-25H,2-3,6,8H2,1H3,(H2,21,22)/t13-/m1/s1. The van der Waals surface area contributed by atoms with E-state index in [0.717, 1.165) is 52.9 Å². The summed E-state index contributed by atoms with van der Waals surface area (Å²) in [5, 5.41) is 5.31. The van der Waals surface area contributed by atoms with Crippen molar-refractivity contribution in [3.05, 3.63) is 40.5 Å². The number of nitrogens with one attached hydrogen (secondary N) is 2. The highest BCUT2D eigenvalue weighted by Crippen LogP contribution is 2.45. The molecule has 8 heteroatoms. The van der Waals surface area contributed by atoms with E-state index in [9.17, 15) is 4.79 Å². The molecule has 1 amide bonds. The number of nitrogens with two attached hydrogens (primary N) is 1. The zero-order valence-corrected chi connectivity index (χ0v) is 16.4. The summed E-state index contributed by atoms with van der Waals surface area (Å²) in [6.07, 6.45) is 5.38. The van der Waals surface area contributed by atoms with E-state index < -0.39 is 0 Å². The van der Waals surface area contributed by atoms with Gasteiger partial charge in [0.15, 0.2) is 0 Å². The first-order chi connectivity index (χ1) is 13.6. The van der Waals surface area contributed by atoms with Crippen LogP contribution in [0.25, 0.3) is 11.3 Å². The van der Waals surface area contributed by atoms with E-state index in [2.05, 4.69) is 20.3 Å². The molecule has 3 aromatic heterocycles. The number of hydrogen-bond acceptors (Lipinski definition) is 6. The summed E-state index contributed by atoms with van der Waals surface area (Å²) in [7, 11) is 1.88. The van der Waals surface area contributed by atoms with Crippen molar-refractivity contribution in [2.75, 3.05) is 24.6 Å². The largest absolute Gasteiger partial charge is 0.384 e. The number of pyridine rings is 1. The Morgan fingerprint density at radius 3 is 2.96 bits per heavy atom. The van der Waals surface area contributed by atoms with Crippen molar-refractivity contribution in [2.24, 2.45) is 5.92 Å². The molecule has 144 valence electrons. The minimum atomic E-state index is 0.0318. The SMILES string of the molecule is CN1C[C@@H](CC2CC2)c2[nH]c(-c3ccnc(N)c3)c(Nc3cscn3)c2C1=O. The number of rotatable bonds is 5. The second kappa shape index (κ2) is 6.63. The minimum absolute atomic E-state index is 0.0318. The van der Waals surface area contributed by atoms with Gasteiger partial charge >= 0.3 is 0 Å². The van der Waals surface area contributed by atoms with Gasteiger partial charge in [0.05, 0.1) is 22.5 Å². The number of nitrogens with zero attached hydrogens (tertiary/aromatic N) is 3. The molecule has 1 fully saturated rings. The molecule has 2 aliphatic rings. The number of fused-ring (bicyclic) bond motifs is 1. The number of thiazole rings is 1. The van der Waals surface area contributed by atoms with E-state index in [1.54, 1.807) is 11.7 Å². The molecule has 4 heterocycles. The molecule has 0 bridgehead atoms.